The van der Waals surface area contributed by atoms with E-state index in [2.05, 4.69) is 20.7 Å². The van der Waals surface area contributed by atoms with Gasteiger partial charge in [-0.05, 0) is 92.3 Å². The van der Waals surface area contributed by atoms with E-state index in [9.17, 15) is 28.4 Å². The SMILES string of the molecule is Nc1ncc(-c2cnn(C3CCN(C(=O)CCCCCSCCCCCNc4cccc5c4C(=O)N([C@@H]4CCC(=O)NC4=O)C5=O)CC3)c2)cc1OCCc1c(Cl)ccc(F)c1Cl. The molecule has 4 N–H and O–H groups in total. The van der Waals surface area contributed by atoms with Gasteiger partial charge in [0.2, 0.25) is 17.7 Å². The molecule has 18 heteroatoms. The van der Waals surface area contributed by atoms with Gasteiger partial charge in [0.25, 0.3) is 11.8 Å². The van der Waals surface area contributed by atoms with Crippen molar-refractivity contribution in [1.29, 1.82) is 0 Å². The standard InChI is InChI=1S/C45H51Cl2FN8O6S/c46-33-11-12-34(48)41(47)31(33)17-21-62-37-24-28(25-51-42(37)49)29-26-52-55(27-29)30-15-19-54(20-16-30)39(58)10-3-1-5-22-63-23-6-2-4-18-50-35-9-7-8-32-40(35)45(61)56(44(32)60)36-13-14-38(57)53-43(36)59/h7-9,11-12,24-27,30,36,50H,1-6,10,13-23H2,(H2,49,51)(H,53,57,59)/t36-/m1/s1. The molecule has 5 amide bonds. The highest BCUT2D eigenvalue weighted by molar-refractivity contribution is 7.99. The van der Waals surface area contributed by atoms with Crippen LogP contribution in [0.5, 0.6) is 5.75 Å². The van der Waals surface area contributed by atoms with Gasteiger partial charge in [-0.15, -0.1) is 0 Å². The molecule has 14 nitrogen and oxygen atoms in total. The Labute approximate surface area is 379 Å². The minimum atomic E-state index is -0.986. The van der Waals surface area contributed by atoms with Gasteiger partial charge in [-0.1, -0.05) is 42.1 Å². The Morgan fingerprint density at radius 1 is 0.952 bits per heavy atom. The summed E-state index contributed by atoms with van der Waals surface area (Å²) in [4.78, 5) is 70.6. The number of thioether (sulfide) groups is 1. The molecule has 2 aromatic heterocycles. The highest BCUT2D eigenvalue weighted by atomic mass is 35.5. The number of unbranched alkanes of at least 4 members (excludes halogenated alkanes) is 4. The number of hydrogen-bond donors (Lipinski definition) is 3. The van der Waals surface area contributed by atoms with Crippen LogP contribution in [0.2, 0.25) is 10.0 Å². The lowest BCUT2D eigenvalue weighted by Crippen LogP contribution is -2.54. The number of imide groups is 2. The fraction of sp³-hybridized carbons (Fsp3) is 0.444. The first kappa shape index (κ1) is 45.8. The summed E-state index contributed by atoms with van der Waals surface area (Å²) in [6.07, 6.45) is 14.1. The number of pyridine rings is 1. The predicted molar refractivity (Wildman–Crippen MR) is 242 cm³/mol. The molecule has 0 radical (unpaired) electrons. The van der Waals surface area contributed by atoms with Gasteiger partial charge in [-0.3, -0.25) is 38.9 Å². The first-order valence-electron chi connectivity index (χ1n) is 21.5. The number of carbonyl (C=O) groups excluding carboxylic acids is 5. The van der Waals surface area contributed by atoms with Crippen molar-refractivity contribution in [3.05, 3.63) is 87.5 Å². The molecule has 0 spiro atoms. The average Bonchev–Trinajstić information content (AvgIpc) is 3.87. The number of rotatable bonds is 20. The molecule has 2 saturated heterocycles. The number of anilines is 2. The Morgan fingerprint density at radius 2 is 1.73 bits per heavy atom. The van der Waals surface area contributed by atoms with Gasteiger partial charge < -0.3 is 20.7 Å². The van der Waals surface area contributed by atoms with E-state index in [-0.39, 0.29) is 59.8 Å². The average molecular weight is 922 g/mol. The van der Waals surface area contributed by atoms with Gasteiger partial charge >= 0.3 is 0 Å². The number of nitrogens with one attached hydrogen (secondary N) is 2. The molecule has 334 valence electrons. The van der Waals surface area contributed by atoms with Crippen LogP contribution in [0.15, 0.2) is 55.0 Å². The zero-order valence-corrected chi connectivity index (χ0v) is 37.2. The molecule has 0 saturated carbocycles. The van der Waals surface area contributed by atoms with Crippen molar-refractivity contribution in [2.75, 3.05) is 48.8 Å². The van der Waals surface area contributed by atoms with Crippen LogP contribution >= 0.6 is 35.0 Å². The molecule has 63 heavy (non-hydrogen) atoms. The number of likely N-dealkylation sites (tertiary alicyclic amines) is 1. The van der Waals surface area contributed by atoms with Crippen molar-refractivity contribution in [3.8, 4) is 16.9 Å². The number of piperidine rings is 2. The van der Waals surface area contributed by atoms with Crippen LogP contribution in [-0.2, 0) is 20.8 Å². The van der Waals surface area contributed by atoms with Gasteiger partial charge in [0.15, 0.2) is 11.6 Å². The maximum absolute atomic E-state index is 13.9. The summed E-state index contributed by atoms with van der Waals surface area (Å²) in [5.74, 6) is 0.363. The smallest absolute Gasteiger partial charge is 0.264 e. The Hall–Kier alpha value is -5.19. The van der Waals surface area contributed by atoms with Gasteiger partial charge in [0, 0.05) is 73.1 Å². The van der Waals surface area contributed by atoms with E-state index >= 15 is 0 Å². The van der Waals surface area contributed by atoms with Crippen LogP contribution in [0, 0.1) is 5.82 Å². The molecule has 3 aliphatic rings. The van der Waals surface area contributed by atoms with Crippen molar-refractivity contribution in [2.45, 2.75) is 89.1 Å². The van der Waals surface area contributed by atoms with E-state index in [1.165, 1.54) is 12.1 Å². The lowest BCUT2D eigenvalue weighted by molar-refractivity contribution is -0.136. The monoisotopic (exact) mass is 920 g/mol. The number of nitrogens with zero attached hydrogens (tertiary/aromatic N) is 5. The number of hydrogen-bond acceptors (Lipinski definition) is 11. The summed E-state index contributed by atoms with van der Waals surface area (Å²) in [5.41, 5.74) is 9.34. The van der Waals surface area contributed by atoms with Gasteiger partial charge in [-0.2, -0.15) is 16.9 Å². The second-order valence-corrected chi connectivity index (χ2v) is 17.9. The third-order valence-corrected chi connectivity index (χ3v) is 13.6. The summed E-state index contributed by atoms with van der Waals surface area (Å²) in [5, 5.41) is 10.5. The normalized spacial score (nSPS) is 16.7. The number of nitrogens with two attached hydrogens (primary N) is 1. The Bertz CT molecular complexity index is 2340. The summed E-state index contributed by atoms with van der Waals surface area (Å²) in [7, 11) is 0. The minimum absolute atomic E-state index is 0.0233. The van der Waals surface area contributed by atoms with Crippen molar-refractivity contribution in [3.63, 3.8) is 0 Å². The number of ether oxygens (including phenoxy) is 1. The molecule has 4 aromatic rings. The van der Waals surface area contributed by atoms with Crippen LogP contribution in [0.1, 0.15) is 103 Å². The molecule has 2 aromatic carbocycles. The topological polar surface area (TPSA) is 182 Å². The van der Waals surface area contributed by atoms with E-state index < -0.39 is 35.5 Å². The number of aromatic nitrogens is 3. The molecule has 3 aliphatic heterocycles. The first-order chi connectivity index (χ1) is 30.5. The predicted octanol–water partition coefficient (Wildman–Crippen LogP) is 7.74. The van der Waals surface area contributed by atoms with Crippen molar-refractivity contribution >= 4 is 76.0 Å². The van der Waals surface area contributed by atoms with Crippen molar-refractivity contribution in [2.24, 2.45) is 0 Å². The number of amides is 5. The molecule has 5 heterocycles. The quantitative estimate of drug-likeness (QED) is 0.0448. The van der Waals surface area contributed by atoms with Crippen molar-refractivity contribution < 1.29 is 33.1 Å². The third-order valence-electron chi connectivity index (χ3n) is 11.7. The Morgan fingerprint density at radius 3 is 2.51 bits per heavy atom. The number of fused-ring (bicyclic) bond motifs is 1. The maximum atomic E-state index is 13.9. The fourth-order valence-electron chi connectivity index (χ4n) is 8.17. The molecule has 2 fully saturated rings. The summed E-state index contributed by atoms with van der Waals surface area (Å²) < 4.78 is 21.8. The summed E-state index contributed by atoms with van der Waals surface area (Å²) >= 11 is 14.2. The highest BCUT2D eigenvalue weighted by Crippen LogP contribution is 2.34. The number of carbonyl (C=O) groups is 5. The highest BCUT2D eigenvalue weighted by Gasteiger charge is 2.45. The number of halogens is 3. The lowest BCUT2D eigenvalue weighted by atomic mass is 10.0. The lowest BCUT2D eigenvalue weighted by Gasteiger charge is -2.32. The van der Waals surface area contributed by atoms with Crippen LogP contribution < -0.4 is 21.1 Å². The number of nitrogen functional groups attached to an aromatic ring is 1. The summed E-state index contributed by atoms with van der Waals surface area (Å²) in [6, 6.07) is 8.78. The second-order valence-electron chi connectivity index (χ2n) is 15.9. The largest absolute Gasteiger partial charge is 0.489 e. The van der Waals surface area contributed by atoms with Crippen LogP contribution in [0.25, 0.3) is 11.1 Å². The van der Waals surface area contributed by atoms with Gasteiger partial charge in [-0.25, -0.2) is 9.37 Å². The van der Waals surface area contributed by atoms with Gasteiger partial charge in [0.05, 0.1) is 35.0 Å². The molecule has 0 unspecified atom stereocenters. The Balaban J connectivity index is 0.734. The van der Waals surface area contributed by atoms with E-state index in [0.717, 1.165) is 78.9 Å². The van der Waals surface area contributed by atoms with Crippen LogP contribution in [0.3, 0.4) is 0 Å². The van der Waals surface area contributed by atoms with Crippen LogP contribution in [0.4, 0.5) is 15.9 Å². The zero-order valence-electron chi connectivity index (χ0n) is 34.9. The minimum Gasteiger partial charge on any atom is -0.489 e. The molecule has 0 aliphatic carbocycles. The summed E-state index contributed by atoms with van der Waals surface area (Å²) in [6.45, 7) is 2.21. The molecule has 7 rings (SSSR count). The Kier molecular flexibility index (Phi) is 15.6. The van der Waals surface area contributed by atoms with E-state index in [0.29, 0.717) is 48.1 Å². The molecule has 0 bridgehead atoms. The second kappa shape index (κ2) is 21.5. The fourth-order valence-corrected chi connectivity index (χ4v) is 9.75. The molecular formula is C45H51Cl2FN8O6S. The maximum Gasteiger partial charge on any atom is 0.264 e. The molecular weight excluding hydrogens is 871 g/mol. The molecule has 1 atom stereocenters. The zero-order chi connectivity index (χ0) is 44.5. The van der Waals surface area contributed by atoms with E-state index in [1.807, 2.05) is 27.5 Å². The first-order valence-corrected chi connectivity index (χ1v) is 23.4. The number of benzene rings is 2. The van der Waals surface area contributed by atoms with Crippen molar-refractivity contribution in [1.82, 2.24) is 29.9 Å². The van der Waals surface area contributed by atoms with Gasteiger partial charge in [0.1, 0.15) is 11.9 Å². The van der Waals surface area contributed by atoms with Crippen LogP contribution in [-0.4, -0.2) is 97.9 Å². The third kappa shape index (κ3) is 11.1. The van der Waals surface area contributed by atoms with E-state index in [1.54, 1.807) is 36.7 Å². The van der Waals surface area contributed by atoms with E-state index in [4.69, 9.17) is 33.7 Å².